The van der Waals surface area contributed by atoms with Crippen LogP contribution in [0, 0.1) is 0 Å². The van der Waals surface area contributed by atoms with Crippen molar-refractivity contribution in [2.24, 2.45) is 0 Å². The predicted molar refractivity (Wildman–Crippen MR) is 72.3 cm³/mol. The largest absolute Gasteiger partial charge is 0.505 e. The molecule has 1 atom stereocenters. The average molecular weight is 278 g/mol. The average Bonchev–Trinajstić information content (AvgIpc) is 2.47. The molecular weight excluding hydrogens is 260 g/mol. The Morgan fingerprint density at radius 3 is 3.10 bits per heavy atom. The van der Waals surface area contributed by atoms with Crippen molar-refractivity contribution in [3.05, 3.63) is 24.0 Å². The molecule has 1 saturated heterocycles. The molecule has 3 N–H and O–H groups in total. The van der Waals surface area contributed by atoms with E-state index in [-0.39, 0.29) is 17.4 Å². The number of aromatic nitrogens is 1. The highest BCUT2D eigenvalue weighted by molar-refractivity contribution is 5.98. The number of amides is 2. The molecule has 7 heteroatoms. The highest BCUT2D eigenvalue weighted by Gasteiger charge is 2.33. The van der Waals surface area contributed by atoms with Gasteiger partial charge in [-0.3, -0.25) is 9.59 Å². The minimum atomic E-state index is -0.586. The number of nitrogens with zero attached hydrogens (tertiary/aromatic N) is 2. The van der Waals surface area contributed by atoms with Gasteiger partial charge in [-0.1, -0.05) is 0 Å². The van der Waals surface area contributed by atoms with Crippen molar-refractivity contribution >= 4 is 11.8 Å². The topological polar surface area (TPSA) is 94.6 Å². The first kappa shape index (κ1) is 14.3. The summed E-state index contributed by atoms with van der Waals surface area (Å²) in [6.45, 7) is 3.73. The maximum absolute atomic E-state index is 12.4. The van der Waals surface area contributed by atoms with Crippen molar-refractivity contribution in [1.82, 2.24) is 20.5 Å². The summed E-state index contributed by atoms with van der Waals surface area (Å²) in [7, 11) is 0. The first-order valence-electron chi connectivity index (χ1n) is 6.58. The molecule has 0 saturated carbocycles. The highest BCUT2D eigenvalue weighted by Crippen LogP contribution is 2.17. The van der Waals surface area contributed by atoms with E-state index in [1.165, 1.54) is 17.2 Å². The van der Waals surface area contributed by atoms with Crippen LogP contribution in [0.1, 0.15) is 17.4 Å². The molecule has 0 aromatic carbocycles. The number of carbonyl (C=O) groups is 2. The summed E-state index contributed by atoms with van der Waals surface area (Å²) < 4.78 is 0. The summed E-state index contributed by atoms with van der Waals surface area (Å²) in [4.78, 5) is 29.8. The van der Waals surface area contributed by atoms with Gasteiger partial charge in [0.05, 0.1) is 0 Å². The number of hydrogen-bond donors (Lipinski definition) is 3. The summed E-state index contributed by atoms with van der Waals surface area (Å²) >= 11 is 0. The molecule has 0 radical (unpaired) electrons. The Labute approximate surface area is 117 Å². The summed E-state index contributed by atoms with van der Waals surface area (Å²) in [5.41, 5.74) is -0.0244. The lowest BCUT2D eigenvalue weighted by atomic mass is 10.1. The molecule has 1 fully saturated rings. The molecule has 0 spiro atoms. The first-order valence-corrected chi connectivity index (χ1v) is 6.58. The number of carbonyl (C=O) groups excluding carboxylic acids is 2. The fraction of sp³-hybridized carbons (Fsp3) is 0.462. The third kappa shape index (κ3) is 2.88. The fourth-order valence-electron chi connectivity index (χ4n) is 2.17. The van der Waals surface area contributed by atoms with Crippen molar-refractivity contribution in [1.29, 1.82) is 0 Å². The van der Waals surface area contributed by atoms with Gasteiger partial charge in [0.15, 0.2) is 5.69 Å². The first-order chi connectivity index (χ1) is 9.65. The number of aromatic hydroxyl groups is 1. The summed E-state index contributed by atoms with van der Waals surface area (Å²) in [6.07, 6.45) is 1.44. The second-order valence-corrected chi connectivity index (χ2v) is 4.48. The van der Waals surface area contributed by atoms with Gasteiger partial charge in [0, 0.05) is 32.4 Å². The van der Waals surface area contributed by atoms with Crippen molar-refractivity contribution in [3.8, 4) is 5.75 Å². The predicted octanol–water partition coefficient (Wildman–Crippen LogP) is -0.663. The Balaban J connectivity index is 2.22. The number of pyridine rings is 1. The van der Waals surface area contributed by atoms with E-state index in [1.807, 2.05) is 6.92 Å². The van der Waals surface area contributed by atoms with Gasteiger partial charge in [-0.05, 0) is 19.1 Å². The molecule has 7 nitrogen and oxygen atoms in total. The van der Waals surface area contributed by atoms with Gasteiger partial charge in [0.25, 0.3) is 5.91 Å². The van der Waals surface area contributed by atoms with Gasteiger partial charge in [-0.25, -0.2) is 4.98 Å². The van der Waals surface area contributed by atoms with Crippen LogP contribution in [-0.4, -0.2) is 59.0 Å². The molecule has 0 aliphatic carbocycles. The van der Waals surface area contributed by atoms with Crippen LogP contribution in [0.3, 0.4) is 0 Å². The maximum Gasteiger partial charge on any atom is 0.277 e. The van der Waals surface area contributed by atoms with E-state index in [4.69, 9.17) is 0 Å². The SMILES string of the molecule is CCNC(=O)C1CNCCN1C(=O)c1ncccc1O. The van der Waals surface area contributed by atoms with Crippen LogP contribution in [0.2, 0.25) is 0 Å². The Hall–Kier alpha value is -2.15. The Kier molecular flexibility index (Phi) is 4.52. The van der Waals surface area contributed by atoms with Crippen LogP contribution in [0.4, 0.5) is 0 Å². The molecule has 2 amide bonds. The second kappa shape index (κ2) is 6.33. The highest BCUT2D eigenvalue weighted by atomic mass is 16.3. The van der Waals surface area contributed by atoms with Gasteiger partial charge in [-0.2, -0.15) is 0 Å². The Morgan fingerprint density at radius 2 is 2.40 bits per heavy atom. The van der Waals surface area contributed by atoms with Gasteiger partial charge < -0.3 is 20.6 Å². The molecular formula is C13H18N4O3. The monoisotopic (exact) mass is 278 g/mol. The third-order valence-electron chi connectivity index (χ3n) is 3.15. The van der Waals surface area contributed by atoms with E-state index >= 15 is 0 Å². The molecule has 1 aliphatic rings. The Morgan fingerprint density at radius 1 is 1.60 bits per heavy atom. The minimum Gasteiger partial charge on any atom is -0.505 e. The smallest absolute Gasteiger partial charge is 0.277 e. The normalized spacial score (nSPS) is 18.6. The van der Waals surface area contributed by atoms with Crippen molar-refractivity contribution in [2.45, 2.75) is 13.0 Å². The van der Waals surface area contributed by atoms with Gasteiger partial charge in [0.2, 0.25) is 5.91 Å². The van der Waals surface area contributed by atoms with Crippen molar-refractivity contribution in [2.75, 3.05) is 26.2 Å². The Bertz CT molecular complexity index is 506. The lowest BCUT2D eigenvalue weighted by molar-refractivity contribution is -0.126. The van der Waals surface area contributed by atoms with Crippen molar-refractivity contribution in [3.63, 3.8) is 0 Å². The van der Waals surface area contributed by atoms with Crippen LogP contribution >= 0.6 is 0 Å². The van der Waals surface area contributed by atoms with E-state index in [0.717, 1.165) is 0 Å². The van der Waals surface area contributed by atoms with E-state index in [2.05, 4.69) is 15.6 Å². The zero-order valence-electron chi connectivity index (χ0n) is 11.3. The third-order valence-corrected chi connectivity index (χ3v) is 3.15. The number of rotatable bonds is 3. The zero-order valence-corrected chi connectivity index (χ0v) is 11.3. The van der Waals surface area contributed by atoms with Crippen LogP contribution < -0.4 is 10.6 Å². The summed E-state index contributed by atoms with van der Waals surface area (Å²) in [5, 5.41) is 15.5. The molecule has 1 aromatic rings. The van der Waals surface area contributed by atoms with Crippen molar-refractivity contribution < 1.29 is 14.7 Å². The minimum absolute atomic E-state index is 0.0244. The quantitative estimate of drug-likeness (QED) is 0.682. The summed E-state index contributed by atoms with van der Waals surface area (Å²) in [6, 6.07) is 2.37. The zero-order chi connectivity index (χ0) is 14.5. The van der Waals surface area contributed by atoms with Crippen LogP contribution in [0.25, 0.3) is 0 Å². The molecule has 1 unspecified atom stereocenters. The second-order valence-electron chi connectivity index (χ2n) is 4.48. The van der Waals surface area contributed by atoms with E-state index in [9.17, 15) is 14.7 Å². The lowest BCUT2D eigenvalue weighted by Crippen LogP contribution is -2.59. The maximum atomic E-state index is 12.4. The van der Waals surface area contributed by atoms with E-state index < -0.39 is 11.9 Å². The van der Waals surface area contributed by atoms with Crippen LogP contribution in [0.5, 0.6) is 5.75 Å². The van der Waals surface area contributed by atoms with Crippen LogP contribution in [-0.2, 0) is 4.79 Å². The number of likely N-dealkylation sites (N-methyl/N-ethyl adjacent to an activating group) is 1. The van der Waals surface area contributed by atoms with Gasteiger partial charge in [-0.15, -0.1) is 0 Å². The number of nitrogens with one attached hydrogen (secondary N) is 2. The molecule has 2 heterocycles. The lowest BCUT2D eigenvalue weighted by Gasteiger charge is -2.34. The standard InChI is InChI=1S/C13H18N4O3/c1-2-15-12(19)9-8-14-6-7-17(9)13(20)11-10(18)4-3-5-16-11/h3-5,9,14,18H,2,6-8H2,1H3,(H,15,19). The van der Waals surface area contributed by atoms with Crippen LogP contribution in [0.15, 0.2) is 18.3 Å². The van der Waals surface area contributed by atoms with Gasteiger partial charge >= 0.3 is 0 Å². The molecule has 1 aliphatic heterocycles. The molecule has 2 rings (SSSR count). The number of piperazine rings is 1. The molecule has 1 aromatic heterocycles. The molecule has 108 valence electrons. The fourth-order valence-corrected chi connectivity index (χ4v) is 2.17. The van der Waals surface area contributed by atoms with E-state index in [1.54, 1.807) is 6.07 Å². The van der Waals surface area contributed by atoms with Gasteiger partial charge in [0.1, 0.15) is 11.8 Å². The van der Waals surface area contributed by atoms with E-state index in [0.29, 0.717) is 26.2 Å². The molecule has 0 bridgehead atoms. The molecule has 20 heavy (non-hydrogen) atoms. The summed E-state index contributed by atoms with van der Waals surface area (Å²) in [5.74, 6) is -0.810. The number of hydrogen-bond acceptors (Lipinski definition) is 5.